The lowest BCUT2D eigenvalue weighted by Gasteiger charge is -2.37. The monoisotopic (exact) mass is 499 g/mol. The maximum Gasteiger partial charge on any atom is 0.323 e. The van der Waals surface area contributed by atoms with Gasteiger partial charge in [-0.3, -0.25) is 5.32 Å². The van der Waals surface area contributed by atoms with Crippen molar-refractivity contribution in [2.24, 2.45) is 0 Å². The number of likely N-dealkylation sites (tertiary alicyclic amines) is 1. The first kappa shape index (κ1) is 23.3. The van der Waals surface area contributed by atoms with Crippen LogP contribution in [0.25, 0.3) is 5.65 Å². The number of nitrogens with one attached hydrogen (secondary N) is 1. The molecule has 2 saturated heterocycles. The number of aliphatic hydroxyl groups is 1. The zero-order valence-corrected chi connectivity index (χ0v) is 20.4. The Morgan fingerprint density at radius 3 is 2.54 bits per heavy atom. The van der Waals surface area contributed by atoms with E-state index in [1.807, 2.05) is 17.3 Å². The van der Waals surface area contributed by atoms with Crippen molar-refractivity contribution in [2.45, 2.75) is 37.2 Å². The van der Waals surface area contributed by atoms with Gasteiger partial charge in [-0.25, -0.2) is 29.7 Å². The van der Waals surface area contributed by atoms with Gasteiger partial charge >= 0.3 is 6.03 Å². The van der Waals surface area contributed by atoms with E-state index >= 15 is 0 Å². The van der Waals surface area contributed by atoms with E-state index in [0.29, 0.717) is 31.3 Å². The van der Waals surface area contributed by atoms with E-state index in [4.69, 9.17) is 0 Å². The van der Waals surface area contributed by atoms with E-state index in [-0.39, 0.29) is 18.1 Å². The molecule has 3 fully saturated rings. The number of fused-ring (bicyclic) bond motifs is 1. The molecule has 11 nitrogen and oxygen atoms in total. The van der Waals surface area contributed by atoms with Gasteiger partial charge in [0.1, 0.15) is 29.4 Å². The van der Waals surface area contributed by atoms with Gasteiger partial charge in [0.15, 0.2) is 0 Å². The number of carbonyl (C=O) groups excluding carboxylic acids is 1. The van der Waals surface area contributed by atoms with Crippen LogP contribution in [0.4, 0.5) is 16.4 Å². The van der Waals surface area contributed by atoms with Crippen LogP contribution >= 0.6 is 0 Å². The molecular weight excluding hydrogens is 470 g/mol. The molecule has 2 N–H and O–H groups in total. The number of nitrogens with zero attached hydrogens (tertiary/aromatic N) is 8. The number of aliphatic hydroxyl groups excluding tert-OH is 1. The minimum Gasteiger partial charge on any atom is -0.391 e. The van der Waals surface area contributed by atoms with Crippen LogP contribution in [0.1, 0.15) is 42.5 Å². The normalized spacial score (nSPS) is 19.3. The first-order chi connectivity index (χ1) is 18.1. The Morgan fingerprint density at radius 1 is 0.946 bits per heavy atom. The van der Waals surface area contributed by atoms with Gasteiger partial charge in [-0.15, -0.1) is 0 Å². The molecule has 4 aromatic heterocycles. The van der Waals surface area contributed by atoms with Gasteiger partial charge in [0.2, 0.25) is 0 Å². The third kappa shape index (κ3) is 5.36. The molecule has 0 aromatic carbocycles. The second-order valence-electron chi connectivity index (χ2n) is 9.72. The van der Waals surface area contributed by atoms with Gasteiger partial charge in [0, 0.05) is 63.2 Å². The van der Waals surface area contributed by atoms with Crippen LogP contribution in [0.5, 0.6) is 0 Å². The number of hydrogen-bond acceptors (Lipinski definition) is 8. The topological polar surface area (TPSA) is 125 Å². The highest BCUT2D eigenvalue weighted by Crippen LogP contribution is 2.39. The van der Waals surface area contributed by atoms with Gasteiger partial charge in [-0.1, -0.05) is 6.07 Å². The van der Waals surface area contributed by atoms with Gasteiger partial charge in [-0.05, 0) is 42.9 Å². The lowest BCUT2D eigenvalue weighted by molar-refractivity contribution is 0.160. The van der Waals surface area contributed by atoms with Crippen molar-refractivity contribution in [3.05, 3.63) is 73.0 Å². The molecule has 1 unspecified atom stereocenters. The van der Waals surface area contributed by atoms with Crippen LogP contribution < -0.4 is 10.2 Å². The summed E-state index contributed by atoms with van der Waals surface area (Å²) in [6.45, 7) is 2.48. The molecule has 1 saturated carbocycles. The number of β-amino-alcohol motifs (C(OH)–C–C–N with tert-alkyl or cyclic N) is 1. The summed E-state index contributed by atoms with van der Waals surface area (Å²) in [5, 5.41) is 12.4. The van der Waals surface area contributed by atoms with Crippen molar-refractivity contribution in [3.63, 3.8) is 0 Å². The Balaban J connectivity index is 0.000000174. The SMILES string of the molecule is O=C(Nc1cc(N2CCC(O)C2)ncn1)N1CC(c2ncccn2)C1.c1cn2cc(C3CC3)ccc2n1. The largest absolute Gasteiger partial charge is 0.391 e. The molecule has 1 atom stereocenters. The highest BCUT2D eigenvalue weighted by Gasteiger charge is 2.33. The predicted octanol–water partition coefficient (Wildman–Crippen LogP) is 2.68. The zero-order chi connectivity index (χ0) is 25.2. The molecule has 0 bridgehead atoms. The number of aromatic nitrogens is 6. The van der Waals surface area contributed by atoms with Crippen molar-refractivity contribution in [1.29, 1.82) is 0 Å². The first-order valence-corrected chi connectivity index (χ1v) is 12.6. The van der Waals surface area contributed by atoms with Crippen LogP contribution in [-0.4, -0.2) is 77.6 Å². The van der Waals surface area contributed by atoms with Crippen LogP contribution in [-0.2, 0) is 0 Å². The smallest absolute Gasteiger partial charge is 0.323 e. The molecule has 11 heteroatoms. The summed E-state index contributed by atoms with van der Waals surface area (Å²) < 4.78 is 2.09. The summed E-state index contributed by atoms with van der Waals surface area (Å²) >= 11 is 0. The third-order valence-electron chi connectivity index (χ3n) is 6.96. The number of hydrogen-bond donors (Lipinski definition) is 2. The molecule has 6 heterocycles. The van der Waals surface area contributed by atoms with E-state index < -0.39 is 0 Å². The van der Waals surface area contributed by atoms with Crippen molar-refractivity contribution in [1.82, 2.24) is 34.2 Å². The summed E-state index contributed by atoms with van der Waals surface area (Å²) in [7, 11) is 0. The number of amides is 2. The fraction of sp³-hybridized carbons (Fsp3) is 0.385. The number of anilines is 2. The minimum absolute atomic E-state index is 0.180. The second-order valence-corrected chi connectivity index (χ2v) is 9.72. The summed E-state index contributed by atoms with van der Waals surface area (Å²) in [6.07, 6.45) is 14.0. The van der Waals surface area contributed by atoms with E-state index in [2.05, 4.69) is 53.0 Å². The van der Waals surface area contributed by atoms with Crippen molar-refractivity contribution < 1.29 is 9.90 Å². The van der Waals surface area contributed by atoms with Crippen LogP contribution in [0.2, 0.25) is 0 Å². The average molecular weight is 500 g/mol. The van der Waals surface area contributed by atoms with E-state index in [9.17, 15) is 9.90 Å². The Bertz CT molecular complexity index is 1370. The summed E-state index contributed by atoms with van der Waals surface area (Å²) in [4.78, 5) is 37.0. The quantitative estimate of drug-likeness (QED) is 0.439. The Labute approximate surface area is 214 Å². The second kappa shape index (κ2) is 10.1. The number of carbonyl (C=O) groups is 1. The lowest BCUT2D eigenvalue weighted by atomic mass is 10.00. The Morgan fingerprint density at radius 2 is 1.78 bits per heavy atom. The van der Waals surface area contributed by atoms with Gasteiger partial charge < -0.3 is 19.3 Å². The summed E-state index contributed by atoms with van der Waals surface area (Å²) in [5.41, 5.74) is 2.50. The number of imidazole rings is 1. The standard InChI is InChI=1S/C16H19N7O2.C10H10N2/c24-12-2-5-22(9-12)14-6-13(19-10-20-14)21-16(25)23-7-11(8-23)15-17-3-1-4-18-15;1-2-8(1)9-3-4-10-11-5-6-12(10)7-9/h1,3-4,6,10-12,24H,2,5,7-9H2,(H,19,20,21,25);3-8H,1-2H2. The van der Waals surface area contributed by atoms with E-state index in [1.54, 1.807) is 29.4 Å². The van der Waals surface area contributed by atoms with Crippen molar-refractivity contribution in [3.8, 4) is 0 Å². The molecule has 0 radical (unpaired) electrons. The molecule has 3 aliphatic rings. The molecular formula is C26H29N9O2. The molecule has 4 aromatic rings. The van der Waals surface area contributed by atoms with E-state index in [0.717, 1.165) is 30.4 Å². The van der Waals surface area contributed by atoms with Crippen molar-refractivity contribution in [2.75, 3.05) is 36.4 Å². The predicted molar refractivity (Wildman–Crippen MR) is 137 cm³/mol. The van der Waals surface area contributed by atoms with E-state index in [1.165, 1.54) is 24.7 Å². The molecule has 190 valence electrons. The van der Waals surface area contributed by atoms with Gasteiger partial charge in [0.05, 0.1) is 12.0 Å². The van der Waals surface area contributed by atoms with Gasteiger partial charge in [-0.2, -0.15) is 0 Å². The van der Waals surface area contributed by atoms with Crippen LogP contribution in [0.3, 0.4) is 0 Å². The van der Waals surface area contributed by atoms with Crippen molar-refractivity contribution >= 4 is 23.3 Å². The molecule has 37 heavy (non-hydrogen) atoms. The summed E-state index contributed by atoms with van der Waals surface area (Å²) in [5.74, 6) is 2.94. The Kier molecular flexibility index (Phi) is 6.35. The lowest BCUT2D eigenvalue weighted by Crippen LogP contribution is -2.50. The third-order valence-corrected chi connectivity index (χ3v) is 6.96. The zero-order valence-electron chi connectivity index (χ0n) is 20.4. The maximum atomic E-state index is 12.3. The molecule has 2 aliphatic heterocycles. The molecule has 2 amide bonds. The molecule has 1 aliphatic carbocycles. The number of pyridine rings is 1. The molecule has 7 rings (SSSR count). The first-order valence-electron chi connectivity index (χ1n) is 12.6. The maximum absolute atomic E-state index is 12.3. The number of urea groups is 1. The minimum atomic E-state index is -0.328. The average Bonchev–Trinajstić information content (AvgIpc) is 3.47. The highest BCUT2D eigenvalue weighted by molar-refractivity contribution is 5.89. The van der Waals surface area contributed by atoms with Crippen LogP contribution in [0.15, 0.2) is 61.6 Å². The van der Waals surface area contributed by atoms with Gasteiger partial charge in [0.25, 0.3) is 0 Å². The summed E-state index contributed by atoms with van der Waals surface area (Å²) in [6, 6.07) is 7.60. The Hall–Kier alpha value is -4.12. The fourth-order valence-electron chi connectivity index (χ4n) is 4.65. The van der Waals surface area contributed by atoms with Crippen LogP contribution in [0, 0.1) is 0 Å². The highest BCUT2D eigenvalue weighted by atomic mass is 16.3. The fourth-order valence-corrected chi connectivity index (χ4v) is 4.65. The number of rotatable bonds is 4. The molecule has 0 spiro atoms.